The third-order valence-corrected chi connectivity index (χ3v) is 4.28. The predicted molar refractivity (Wildman–Crippen MR) is 82.2 cm³/mol. The van der Waals surface area contributed by atoms with Gasteiger partial charge in [-0.25, -0.2) is 4.79 Å². The summed E-state index contributed by atoms with van der Waals surface area (Å²) in [4.78, 5) is 11.7. The summed E-state index contributed by atoms with van der Waals surface area (Å²) < 4.78 is 5.26. The van der Waals surface area contributed by atoms with Crippen LogP contribution in [0.25, 0.3) is 11.0 Å². The highest BCUT2D eigenvalue weighted by atomic mass is 35.5. The lowest BCUT2D eigenvalue weighted by atomic mass is 10.0. The highest BCUT2D eigenvalue weighted by Gasteiger charge is 2.13. The van der Waals surface area contributed by atoms with Crippen molar-refractivity contribution in [1.82, 2.24) is 0 Å². The van der Waals surface area contributed by atoms with Gasteiger partial charge in [0, 0.05) is 28.0 Å². The van der Waals surface area contributed by atoms with Crippen molar-refractivity contribution in [3.05, 3.63) is 44.8 Å². The largest absolute Gasteiger partial charge is 0.423 e. The molecule has 0 saturated heterocycles. The zero-order valence-corrected chi connectivity index (χ0v) is 13.1. The minimum Gasteiger partial charge on any atom is -0.423 e. The molecule has 0 aliphatic rings. The Kier molecular flexibility index (Phi) is 4.51. The third kappa shape index (κ3) is 3.22. The molecule has 0 radical (unpaired) electrons. The van der Waals surface area contributed by atoms with Crippen LogP contribution >= 0.6 is 11.6 Å². The molecule has 0 aliphatic carbocycles. The number of quaternary nitrogens is 1. The maximum Gasteiger partial charge on any atom is 0.336 e. The predicted octanol–water partition coefficient (Wildman–Crippen LogP) is 2.86. The zero-order chi connectivity index (χ0) is 14.9. The van der Waals surface area contributed by atoms with Gasteiger partial charge in [-0.2, -0.15) is 0 Å². The topological polar surface area (TPSA) is 46.8 Å². The van der Waals surface area contributed by atoms with Crippen molar-refractivity contribution in [2.24, 2.45) is 5.92 Å². The summed E-state index contributed by atoms with van der Waals surface area (Å²) in [5.74, 6) is 0.590. The fourth-order valence-electron chi connectivity index (χ4n) is 2.10. The fourth-order valence-corrected chi connectivity index (χ4v) is 2.27. The molecule has 2 rings (SSSR count). The van der Waals surface area contributed by atoms with E-state index in [2.05, 4.69) is 26.1 Å². The fraction of sp³-hybridized carbons (Fsp3) is 0.438. The van der Waals surface area contributed by atoms with E-state index in [1.54, 1.807) is 6.07 Å². The van der Waals surface area contributed by atoms with Gasteiger partial charge in [0.05, 0.1) is 6.04 Å². The summed E-state index contributed by atoms with van der Waals surface area (Å²) in [6, 6.07) is 5.78. The lowest BCUT2D eigenvalue weighted by Gasteiger charge is -2.14. The van der Waals surface area contributed by atoms with Crippen LogP contribution < -0.4 is 10.9 Å². The molecule has 0 unspecified atom stereocenters. The number of nitrogens with two attached hydrogens (primary N) is 1. The molecule has 0 saturated carbocycles. The van der Waals surface area contributed by atoms with Gasteiger partial charge in [-0.1, -0.05) is 25.4 Å². The van der Waals surface area contributed by atoms with E-state index >= 15 is 0 Å². The van der Waals surface area contributed by atoms with Crippen molar-refractivity contribution < 1.29 is 9.73 Å². The minimum atomic E-state index is -0.306. The lowest BCUT2D eigenvalue weighted by Crippen LogP contribution is -2.89. The molecular formula is C16H21ClNO2+. The van der Waals surface area contributed by atoms with Crippen molar-refractivity contribution in [3.63, 3.8) is 0 Å². The molecule has 2 aromatic rings. The Labute approximate surface area is 123 Å². The second-order valence-electron chi connectivity index (χ2n) is 5.73. The Balaban J connectivity index is 2.42. The van der Waals surface area contributed by atoms with Crippen LogP contribution in [0.5, 0.6) is 0 Å². The van der Waals surface area contributed by atoms with Crippen molar-refractivity contribution >= 4 is 22.6 Å². The summed E-state index contributed by atoms with van der Waals surface area (Å²) >= 11 is 6.18. The number of benzene rings is 1. The monoisotopic (exact) mass is 294 g/mol. The molecule has 20 heavy (non-hydrogen) atoms. The maximum atomic E-state index is 11.7. The van der Waals surface area contributed by atoms with E-state index in [1.807, 2.05) is 19.1 Å². The molecule has 0 fully saturated rings. The molecule has 0 amide bonds. The number of aryl methyl sites for hydroxylation is 1. The number of rotatable bonds is 4. The molecule has 0 aliphatic heterocycles. The van der Waals surface area contributed by atoms with Crippen LogP contribution in [0.3, 0.4) is 0 Å². The Bertz CT molecular complexity index is 676. The quantitative estimate of drug-likeness (QED) is 0.882. The number of hydrogen-bond acceptors (Lipinski definition) is 2. The second-order valence-corrected chi connectivity index (χ2v) is 6.14. The van der Waals surface area contributed by atoms with Crippen LogP contribution in [0.15, 0.2) is 27.4 Å². The Morgan fingerprint density at radius 2 is 1.95 bits per heavy atom. The van der Waals surface area contributed by atoms with Gasteiger partial charge >= 0.3 is 5.63 Å². The van der Waals surface area contributed by atoms with Gasteiger partial charge in [0.15, 0.2) is 0 Å². The first kappa shape index (κ1) is 15.1. The summed E-state index contributed by atoms with van der Waals surface area (Å²) in [5.41, 5.74) is 2.20. The number of fused-ring (bicyclic) bond motifs is 1. The first-order chi connectivity index (χ1) is 9.38. The van der Waals surface area contributed by atoms with E-state index in [4.69, 9.17) is 16.0 Å². The summed E-state index contributed by atoms with van der Waals surface area (Å²) in [5, 5.41) is 3.86. The van der Waals surface area contributed by atoms with Crippen molar-refractivity contribution in [1.29, 1.82) is 0 Å². The molecule has 1 heterocycles. The van der Waals surface area contributed by atoms with E-state index in [9.17, 15) is 4.79 Å². The van der Waals surface area contributed by atoms with Gasteiger partial charge in [0.1, 0.15) is 12.1 Å². The van der Waals surface area contributed by atoms with Gasteiger partial charge < -0.3 is 9.73 Å². The van der Waals surface area contributed by atoms with Crippen LogP contribution in [0.1, 0.15) is 31.9 Å². The molecule has 0 spiro atoms. The van der Waals surface area contributed by atoms with E-state index in [0.717, 1.165) is 23.1 Å². The standard InChI is InChI=1S/C16H20ClNO2/c1-9(2)11(4)18-8-12-6-16(19)20-15-5-10(3)14(17)7-13(12)15/h5-7,9,11,18H,8H2,1-4H3/p+1/t11-/m0/s1. The molecule has 4 heteroatoms. The van der Waals surface area contributed by atoms with Crippen molar-refractivity contribution in [2.45, 2.75) is 40.3 Å². The summed E-state index contributed by atoms with van der Waals surface area (Å²) in [6.45, 7) is 9.23. The Morgan fingerprint density at radius 1 is 1.25 bits per heavy atom. The number of hydrogen-bond donors (Lipinski definition) is 1. The molecule has 2 N–H and O–H groups in total. The molecule has 1 aromatic heterocycles. The van der Waals surface area contributed by atoms with Crippen LogP contribution in [0.4, 0.5) is 0 Å². The van der Waals surface area contributed by atoms with Gasteiger partial charge in [-0.15, -0.1) is 0 Å². The average molecular weight is 295 g/mol. The molecule has 1 atom stereocenters. The second kappa shape index (κ2) is 5.98. The molecule has 1 aromatic carbocycles. The molecular weight excluding hydrogens is 274 g/mol. The normalized spacial score (nSPS) is 13.1. The van der Waals surface area contributed by atoms with E-state index in [-0.39, 0.29) is 5.63 Å². The first-order valence-electron chi connectivity index (χ1n) is 6.94. The van der Waals surface area contributed by atoms with Gasteiger partial charge in [-0.05, 0) is 31.5 Å². The van der Waals surface area contributed by atoms with E-state index in [0.29, 0.717) is 22.6 Å². The number of halogens is 1. The highest BCUT2D eigenvalue weighted by molar-refractivity contribution is 6.32. The molecule has 0 bridgehead atoms. The van der Waals surface area contributed by atoms with Crippen LogP contribution in [-0.2, 0) is 6.54 Å². The van der Waals surface area contributed by atoms with Gasteiger partial charge in [-0.3, -0.25) is 0 Å². The smallest absolute Gasteiger partial charge is 0.336 e. The summed E-state index contributed by atoms with van der Waals surface area (Å²) in [7, 11) is 0. The Morgan fingerprint density at radius 3 is 2.60 bits per heavy atom. The maximum absolute atomic E-state index is 11.7. The van der Waals surface area contributed by atoms with Gasteiger partial charge in [0.25, 0.3) is 0 Å². The summed E-state index contributed by atoms with van der Waals surface area (Å²) in [6.07, 6.45) is 0. The van der Waals surface area contributed by atoms with Crippen molar-refractivity contribution in [3.8, 4) is 0 Å². The van der Waals surface area contributed by atoms with Crippen LogP contribution in [0, 0.1) is 12.8 Å². The SMILES string of the molecule is Cc1cc2oc(=O)cc(C[NH2+][C@@H](C)C(C)C)c2cc1Cl. The highest BCUT2D eigenvalue weighted by Crippen LogP contribution is 2.24. The van der Waals surface area contributed by atoms with Crippen LogP contribution in [0.2, 0.25) is 5.02 Å². The minimum absolute atomic E-state index is 0.306. The van der Waals surface area contributed by atoms with Gasteiger partial charge in [0.2, 0.25) is 0 Å². The van der Waals surface area contributed by atoms with Crippen LogP contribution in [-0.4, -0.2) is 6.04 Å². The lowest BCUT2D eigenvalue weighted by molar-refractivity contribution is -0.706. The van der Waals surface area contributed by atoms with E-state index in [1.165, 1.54) is 0 Å². The molecule has 3 nitrogen and oxygen atoms in total. The van der Waals surface area contributed by atoms with Crippen molar-refractivity contribution in [2.75, 3.05) is 0 Å². The average Bonchev–Trinajstić information content (AvgIpc) is 2.37. The zero-order valence-electron chi connectivity index (χ0n) is 12.4. The molecule has 108 valence electrons. The Hall–Kier alpha value is -1.32. The van der Waals surface area contributed by atoms with E-state index < -0.39 is 0 Å². The third-order valence-electron chi connectivity index (χ3n) is 3.87. The first-order valence-corrected chi connectivity index (χ1v) is 7.32.